The normalized spacial score (nSPS) is 15.7. The second-order valence-electron chi connectivity index (χ2n) is 6.60. The first-order valence-corrected chi connectivity index (χ1v) is 8.50. The summed E-state index contributed by atoms with van der Waals surface area (Å²) in [6, 6.07) is 5.37. The summed E-state index contributed by atoms with van der Waals surface area (Å²) in [4.78, 5) is 28.8. The summed E-state index contributed by atoms with van der Waals surface area (Å²) >= 11 is 0. The van der Waals surface area contributed by atoms with Gasteiger partial charge in [-0.05, 0) is 44.2 Å². The van der Waals surface area contributed by atoms with Gasteiger partial charge in [0.05, 0.1) is 11.9 Å². The molecule has 1 aromatic heterocycles. The summed E-state index contributed by atoms with van der Waals surface area (Å²) in [5, 5.41) is 16.7. The van der Waals surface area contributed by atoms with Gasteiger partial charge in [-0.3, -0.25) is 14.8 Å². The van der Waals surface area contributed by atoms with Crippen LogP contribution in [0.3, 0.4) is 0 Å². The molecule has 0 radical (unpaired) electrons. The summed E-state index contributed by atoms with van der Waals surface area (Å²) in [5.74, 6) is -0.417. The number of hydrazone groups is 1. The molecule has 1 aromatic carbocycles. The maximum absolute atomic E-state index is 12.2. The van der Waals surface area contributed by atoms with Gasteiger partial charge in [0.2, 0.25) is 5.88 Å². The van der Waals surface area contributed by atoms with E-state index in [1.54, 1.807) is 12.1 Å². The van der Waals surface area contributed by atoms with Crippen molar-refractivity contribution in [1.29, 1.82) is 0 Å². The Bertz CT molecular complexity index is 952. The van der Waals surface area contributed by atoms with Gasteiger partial charge in [0.1, 0.15) is 5.56 Å². The van der Waals surface area contributed by atoms with E-state index in [4.69, 9.17) is 0 Å². The Hall–Kier alpha value is -2.87. The summed E-state index contributed by atoms with van der Waals surface area (Å²) in [6.07, 6.45) is 1.32. The van der Waals surface area contributed by atoms with Gasteiger partial charge in [0.15, 0.2) is 0 Å². The molecule has 138 valence electrons. The highest BCUT2D eigenvalue weighted by molar-refractivity contribution is 5.82. The van der Waals surface area contributed by atoms with Crippen LogP contribution in [0.5, 0.6) is 5.88 Å². The van der Waals surface area contributed by atoms with Crippen LogP contribution in [0.1, 0.15) is 16.7 Å². The van der Waals surface area contributed by atoms with Crippen LogP contribution in [0.4, 0.5) is 0 Å². The maximum Gasteiger partial charge on any atom is 0.335 e. The number of aromatic hydroxyl groups is 1. The number of aromatic nitrogens is 2. The number of likely N-dealkylation sites (N-methyl/N-ethyl adjacent to an activating group) is 1. The molecule has 3 rings (SSSR count). The van der Waals surface area contributed by atoms with Crippen LogP contribution in [0.25, 0.3) is 5.69 Å². The fourth-order valence-corrected chi connectivity index (χ4v) is 2.81. The first kappa shape index (κ1) is 17.9. The van der Waals surface area contributed by atoms with E-state index in [0.717, 1.165) is 41.9 Å². The van der Waals surface area contributed by atoms with E-state index in [9.17, 15) is 14.7 Å². The molecule has 26 heavy (non-hydrogen) atoms. The Morgan fingerprint density at radius 1 is 1.12 bits per heavy atom. The smallest absolute Gasteiger partial charge is 0.335 e. The lowest BCUT2D eigenvalue weighted by Gasteiger charge is -2.30. The SMILES string of the molecule is Cc1ccc(-n2c(O)c(C=NN3CCN(C)CC3)c(=O)[nH]c2=O)cc1C. The van der Waals surface area contributed by atoms with E-state index >= 15 is 0 Å². The standard InChI is InChI=1S/C18H23N5O3/c1-12-4-5-14(10-13(12)2)23-17(25)15(16(24)20-18(23)26)11-19-22-8-6-21(3)7-9-22/h4-5,10-11,25H,6-9H2,1-3H3,(H,20,24,26). The molecule has 1 aliphatic rings. The number of piperazine rings is 1. The van der Waals surface area contributed by atoms with Crippen molar-refractivity contribution in [3.8, 4) is 11.6 Å². The third-order valence-corrected chi connectivity index (χ3v) is 4.70. The molecule has 8 heteroatoms. The molecular weight excluding hydrogens is 334 g/mol. The van der Waals surface area contributed by atoms with Crippen molar-refractivity contribution in [2.45, 2.75) is 13.8 Å². The molecule has 0 amide bonds. The predicted octanol–water partition coefficient (Wildman–Crippen LogP) is 0.430. The fourth-order valence-electron chi connectivity index (χ4n) is 2.81. The Labute approximate surface area is 151 Å². The topological polar surface area (TPSA) is 93.9 Å². The van der Waals surface area contributed by atoms with Crippen LogP contribution in [0, 0.1) is 13.8 Å². The third kappa shape index (κ3) is 3.55. The molecular formula is C18H23N5O3. The number of hydrogen-bond donors (Lipinski definition) is 2. The molecule has 1 fully saturated rings. The van der Waals surface area contributed by atoms with Crippen molar-refractivity contribution in [3.63, 3.8) is 0 Å². The Kier molecular flexibility index (Phi) is 4.94. The molecule has 0 spiro atoms. The highest BCUT2D eigenvalue weighted by Gasteiger charge is 2.16. The zero-order valence-electron chi connectivity index (χ0n) is 15.2. The van der Waals surface area contributed by atoms with Crippen LogP contribution < -0.4 is 11.2 Å². The zero-order chi connectivity index (χ0) is 18.8. The van der Waals surface area contributed by atoms with Crippen LogP contribution in [0.15, 0.2) is 32.9 Å². The quantitative estimate of drug-likeness (QED) is 0.777. The van der Waals surface area contributed by atoms with Gasteiger partial charge in [-0.1, -0.05) is 6.07 Å². The molecule has 8 nitrogen and oxygen atoms in total. The van der Waals surface area contributed by atoms with Gasteiger partial charge in [0.25, 0.3) is 5.56 Å². The van der Waals surface area contributed by atoms with Crippen LogP contribution in [0.2, 0.25) is 0 Å². The number of aromatic amines is 1. The van der Waals surface area contributed by atoms with E-state index in [2.05, 4.69) is 15.0 Å². The highest BCUT2D eigenvalue weighted by Crippen LogP contribution is 2.18. The van der Waals surface area contributed by atoms with Crippen molar-refractivity contribution >= 4 is 6.21 Å². The second-order valence-corrected chi connectivity index (χ2v) is 6.60. The molecule has 0 bridgehead atoms. The molecule has 0 aliphatic carbocycles. The summed E-state index contributed by atoms with van der Waals surface area (Å²) in [7, 11) is 2.04. The largest absolute Gasteiger partial charge is 0.493 e. The van der Waals surface area contributed by atoms with Gasteiger partial charge in [-0.2, -0.15) is 5.10 Å². The average Bonchev–Trinajstić information content (AvgIpc) is 2.59. The number of benzene rings is 1. The van der Waals surface area contributed by atoms with Gasteiger partial charge in [-0.15, -0.1) is 0 Å². The van der Waals surface area contributed by atoms with Crippen LogP contribution >= 0.6 is 0 Å². The van der Waals surface area contributed by atoms with E-state index in [0.29, 0.717) is 5.69 Å². The van der Waals surface area contributed by atoms with Crippen molar-refractivity contribution in [2.75, 3.05) is 33.2 Å². The Morgan fingerprint density at radius 3 is 2.46 bits per heavy atom. The second kappa shape index (κ2) is 7.17. The Morgan fingerprint density at radius 2 is 1.81 bits per heavy atom. The predicted molar refractivity (Wildman–Crippen MR) is 100 cm³/mol. The number of nitrogens with one attached hydrogen (secondary N) is 1. The molecule has 2 heterocycles. The van der Waals surface area contributed by atoms with Crippen molar-refractivity contribution in [3.05, 3.63) is 55.7 Å². The number of aryl methyl sites for hydroxylation is 2. The number of rotatable bonds is 3. The number of nitrogens with zero attached hydrogens (tertiary/aromatic N) is 4. The lowest BCUT2D eigenvalue weighted by atomic mass is 10.1. The van der Waals surface area contributed by atoms with Crippen LogP contribution in [-0.4, -0.2) is 64.0 Å². The van der Waals surface area contributed by atoms with Crippen molar-refractivity contribution < 1.29 is 5.11 Å². The summed E-state index contributed by atoms with van der Waals surface area (Å²) in [6.45, 7) is 7.11. The number of H-pyrrole nitrogens is 1. The minimum absolute atomic E-state index is 0.0400. The molecule has 2 N–H and O–H groups in total. The molecule has 1 saturated heterocycles. The van der Waals surface area contributed by atoms with Gasteiger partial charge >= 0.3 is 5.69 Å². The Balaban J connectivity index is 2.00. The monoisotopic (exact) mass is 357 g/mol. The maximum atomic E-state index is 12.2. The molecule has 1 aliphatic heterocycles. The molecule has 0 atom stereocenters. The van der Waals surface area contributed by atoms with E-state index in [-0.39, 0.29) is 5.56 Å². The lowest BCUT2D eigenvalue weighted by molar-refractivity contribution is 0.159. The highest BCUT2D eigenvalue weighted by atomic mass is 16.3. The first-order chi connectivity index (χ1) is 12.4. The average molecular weight is 357 g/mol. The number of hydrogen-bond acceptors (Lipinski definition) is 6. The molecule has 0 unspecified atom stereocenters. The van der Waals surface area contributed by atoms with Crippen molar-refractivity contribution in [2.24, 2.45) is 5.10 Å². The van der Waals surface area contributed by atoms with Gasteiger partial charge in [-0.25, -0.2) is 9.36 Å². The minimum atomic E-state index is -0.687. The molecule has 0 saturated carbocycles. The molecule has 2 aromatic rings. The van der Waals surface area contributed by atoms with Gasteiger partial charge in [0, 0.05) is 26.2 Å². The fraction of sp³-hybridized carbons (Fsp3) is 0.389. The van der Waals surface area contributed by atoms with E-state index in [1.807, 2.05) is 32.0 Å². The summed E-state index contributed by atoms with van der Waals surface area (Å²) < 4.78 is 1.08. The van der Waals surface area contributed by atoms with Gasteiger partial charge < -0.3 is 10.0 Å². The van der Waals surface area contributed by atoms with E-state index in [1.165, 1.54) is 6.21 Å². The van der Waals surface area contributed by atoms with Crippen molar-refractivity contribution in [1.82, 2.24) is 19.5 Å². The summed E-state index contributed by atoms with van der Waals surface area (Å²) in [5.41, 5.74) is 1.15. The lowest BCUT2D eigenvalue weighted by Crippen LogP contribution is -2.42. The van der Waals surface area contributed by atoms with E-state index < -0.39 is 17.1 Å². The van der Waals surface area contributed by atoms with Crippen LogP contribution in [-0.2, 0) is 0 Å². The zero-order valence-corrected chi connectivity index (χ0v) is 15.2. The first-order valence-electron chi connectivity index (χ1n) is 8.50. The minimum Gasteiger partial charge on any atom is -0.493 e. The third-order valence-electron chi connectivity index (χ3n) is 4.70.